The molecule has 1 aliphatic rings. The van der Waals surface area contributed by atoms with E-state index in [9.17, 15) is 4.79 Å². The average Bonchev–Trinajstić information content (AvgIpc) is 3.09. The Hall–Kier alpha value is -1.35. The zero-order valence-electron chi connectivity index (χ0n) is 10.5. The van der Waals surface area contributed by atoms with Crippen molar-refractivity contribution in [3.05, 3.63) is 35.9 Å². The Morgan fingerprint density at radius 1 is 1.41 bits per heavy atom. The Labute approximate surface area is 103 Å². The van der Waals surface area contributed by atoms with Crippen LogP contribution in [-0.4, -0.2) is 30.4 Å². The van der Waals surface area contributed by atoms with E-state index in [2.05, 4.69) is 0 Å². The lowest BCUT2D eigenvalue weighted by atomic mass is 9.94. The summed E-state index contributed by atoms with van der Waals surface area (Å²) in [5.41, 5.74) is 6.62. The molecule has 1 fully saturated rings. The lowest BCUT2D eigenvalue weighted by Gasteiger charge is -2.25. The molecular formula is C14H20N2O. The molecule has 1 amide bonds. The third-order valence-electron chi connectivity index (χ3n) is 3.39. The number of benzene rings is 1. The second-order valence-corrected chi connectivity index (χ2v) is 5.11. The molecule has 0 heterocycles. The van der Waals surface area contributed by atoms with Gasteiger partial charge in [0.1, 0.15) is 0 Å². The summed E-state index contributed by atoms with van der Waals surface area (Å²) < 4.78 is 0. The third-order valence-corrected chi connectivity index (χ3v) is 3.39. The van der Waals surface area contributed by atoms with E-state index < -0.39 is 0 Å². The maximum atomic E-state index is 12.4. The van der Waals surface area contributed by atoms with Crippen LogP contribution in [-0.2, 0) is 10.2 Å². The molecule has 2 N–H and O–H groups in total. The van der Waals surface area contributed by atoms with Crippen molar-refractivity contribution < 1.29 is 4.79 Å². The van der Waals surface area contributed by atoms with Gasteiger partial charge in [0.05, 0.1) is 5.41 Å². The number of carbonyl (C=O) groups excluding carboxylic acids is 1. The van der Waals surface area contributed by atoms with Crippen LogP contribution < -0.4 is 5.73 Å². The number of nitrogens with zero attached hydrogens (tertiary/aromatic N) is 1. The molecule has 2 rings (SSSR count). The Bertz CT molecular complexity index is 396. The highest BCUT2D eigenvalue weighted by Crippen LogP contribution is 2.49. The Kier molecular flexibility index (Phi) is 3.20. The molecule has 1 aliphatic carbocycles. The number of hydrogen-bond acceptors (Lipinski definition) is 2. The lowest BCUT2D eigenvalue weighted by Crippen LogP contribution is -2.42. The van der Waals surface area contributed by atoms with E-state index in [0.29, 0.717) is 6.54 Å². The molecule has 1 aromatic rings. The van der Waals surface area contributed by atoms with E-state index in [1.54, 1.807) is 4.90 Å². The number of likely N-dealkylation sites (N-methyl/N-ethyl adjacent to an activating group) is 1. The van der Waals surface area contributed by atoms with Crippen molar-refractivity contribution in [1.29, 1.82) is 0 Å². The minimum absolute atomic E-state index is 0.0236. The summed E-state index contributed by atoms with van der Waals surface area (Å²) >= 11 is 0. The maximum absolute atomic E-state index is 12.4. The smallest absolute Gasteiger partial charge is 0.233 e. The quantitative estimate of drug-likeness (QED) is 0.855. The number of amides is 1. The van der Waals surface area contributed by atoms with Crippen LogP contribution in [0.2, 0.25) is 0 Å². The fourth-order valence-corrected chi connectivity index (χ4v) is 2.39. The van der Waals surface area contributed by atoms with Crippen molar-refractivity contribution in [2.75, 3.05) is 13.6 Å². The first-order valence-corrected chi connectivity index (χ1v) is 6.13. The highest BCUT2D eigenvalue weighted by atomic mass is 16.2. The van der Waals surface area contributed by atoms with Gasteiger partial charge in [0.2, 0.25) is 5.91 Å². The highest BCUT2D eigenvalue weighted by Gasteiger charge is 2.52. The molecule has 92 valence electrons. The van der Waals surface area contributed by atoms with Gasteiger partial charge in [-0.2, -0.15) is 0 Å². The summed E-state index contributed by atoms with van der Waals surface area (Å²) in [5, 5.41) is 0. The Balaban J connectivity index is 2.14. The first-order chi connectivity index (χ1) is 8.06. The van der Waals surface area contributed by atoms with Crippen molar-refractivity contribution in [2.45, 2.75) is 31.2 Å². The molecule has 1 atom stereocenters. The topological polar surface area (TPSA) is 46.3 Å². The molecule has 0 radical (unpaired) electrons. The van der Waals surface area contributed by atoms with Crippen molar-refractivity contribution in [1.82, 2.24) is 4.90 Å². The first-order valence-electron chi connectivity index (χ1n) is 6.13. The van der Waals surface area contributed by atoms with E-state index in [1.165, 1.54) is 0 Å². The van der Waals surface area contributed by atoms with Crippen LogP contribution in [0.1, 0.15) is 25.3 Å². The molecule has 3 nitrogen and oxygen atoms in total. The van der Waals surface area contributed by atoms with Gasteiger partial charge in [-0.05, 0) is 25.3 Å². The van der Waals surface area contributed by atoms with Gasteiger partial charge in [-0.1, -0.05) is 30.3 Å². The predicted octanol–water partition coefficient (Wildman–Crippen LogP) is 1.52. The Morgan fingerprint density at radius 3 is 2.47 bits per heavy atom. The van der Waals surface area contributed by atoms with Crippen LogP contribution in [0.5, 0.6) is 0 Å². The largest absolute Gasteiger partial charge is 0.343 e. The van der Waals surface area contributed by atoms with Gasteiger partial charge in [-0.25, -0.2) is 0 Å². The minimum atomic E-state index is -0.259. The van der Waals surface area contributed by atoms with Gasteiger partial charge in [0.25, 0.3) is 0 Å². The molecule has 0 saturated heterocycles. The molecule has 0 bridgehead atoms. The van der Waals surface area contributed by atoms with Gasteiger partial charge in [0, 0.05) is 19.6 Å². The van der Waals surface area contributed by atoms with Crippen molar-refractivity contribution >= 4 is 5.91 Å². The number of carbonyl (C=O) groups is 1. The molecule has 0 aromatic heterocycles. The average molecular weight is 232 g/mol. The number of nitrogens with two attached hydrogens (primary N) is 1. The number of hydrogen-bond donors (Lipinski definition) is 1. The van der Waals surface area contributed by atoms with Crippen LogP contribution in [0.3, 0.4) is 0 Å². The summed E-state index contributed by atoms with van der Waals surface area (Å²) in [7, 11) is 1.84. The fraction of sp³-hybridized carbons (Fsp3) is 0.500. The molecule has 1 saturated carbocycles. The lowest BCUT2D eigenvalue weighted by molar-refractivity contribution is -0.132. The molecule has 1 unspecified atom stereocenters. The van der Waals surface area contributed by atoms with Crippen LogP contribution in [0.4, 0.5) is 0 Å². The Morgan fingerprint density at radius 2 is 2.00 bits per heavy atom. The molecule has 1 aromatic carbocycles. The van der Waals surface area contributed by atoms with E-state index >= 15 is 0 Å². The summed E-state index contributed by atoms with van der Waals surface area (Å²) in [6, 6.07) is 10.1. The van der Waals surface area contributed by atoms with Crippen LogP contribution >= 0.6 is 0 Å². The maximum Gasteiger partial charge on any atom is 0.233 e. The monoisotopic (exact) mass is 232 g/mol. The summed E-state index contributed by atoms with van der Waals surface area (Å²) in [6.45, 7) is 2.54. The zero-order valence-corrected chi connectivity index (χ0v) is 10.5. The van der Waals surface area contributed by atoms with E-state index in [0.717, 1.165) is 18.4 Å². The van der Waals surface area contributed by atoms with Gasteiger partial charge < -0.3 is 10.6 Å². The normalized spacial score (nSPS) is 18.5. The van der Waals surface area contributed by atoms with Crippen molar-refractivity contribution in [3.63, 3.8) is 0 Å². The van der Waals surface area contributed by atoms with Gasteiger partial charge in [0.15, 0.2) is 0 Å². The standard InChI is InChI=1S/C14H20N2O/c1-11(15)10-16(2)13(17)14(8-9-14)12-6-4-3-5-7-12/h3-7,11H,8-10,15H2,1-2H3. The van der Waals surface area contributed by atoms with Gasteiger partial charge in [-0.15, -0.1) is 0 Å². The fourth-order valence-electron chi connectivity index (χ4n) is 2.39. The van der Waals surface area contributed by atoms with E-state index in [4.69, 9.17) is 5.73 Å². The second-order valence-electron chi connectivity index (χ2n) is 5.11. The molecule has 17 heavy (non-hydrogen) atoms. The minimum Gasteiger partial charge on any atom is -0.343 e. The van der Waals surface area contributed by atoms with Crippen LogP contribution in [0, 0.1) is 0 Å². The van der Waals surface area contributed by atoms with Crippen molar-refractivity contribution in [3.8, 4) is 0 Å². The third kappa shape index (κ3) is 2.34. The zero-order chi connectivity index (χ0) is 12.5. The molecule has 0 aliphatic heterocycles. The van der Waals surface area contributed by atoms with Crippen LogP contribution in [0.25, 0.3) is 0 Å². The van der Waals surface area contributed by atoms with Crippen LogP contribution in [0.15, 0.2) is 30.3 Å². The summed E-state index contributed by atoms with van der Waals surface area (Å²) in [5.74, 6) is 0.209. The summed E-state index contributed by atoms with van der Waals surface area (Å²) in [6.07, 6.45) is 1.91. The number of rotatable bonds is 4. The van der Waals surface area contributed by atoms with Gasteiger partial charge in [-0.3, -0.25) is 4.79 Å². The predicted molar refractivity (Wildman–Crippen MR) is 68.6 cm³/mol. The summed E-state index contributed by atoms with van der Waals surface area (Å²) in [4.78, 5) is 14.2. The first kappa shape index (κ1) is 12.1. The SMILES string of the molecule is CC(N)CN(C)C(=O)C1(c2ccccc2)CC1. The van der Waals surface area contributed by atoms with Crippen molar-refractivity contribution in [2.24, 2.45) is 5.73 Å². The van der Waals surface area contributed by atoms with E-state index in [1.807, 2.05) is 44.3 Å². The molecule has 3 heteroatoms. The molecule has 0 spiro atoms. The van der Waals surface area contributed by atoms with Gasteiger partial charge >= 0.3 is 0 Å². The molecular weight excluding hydrogens is 212 g/mol. The highest BCUT2D eigenvalue weighted by molar-refractivity contribution is 5.91. The van der Waals surface area contributed by atoms with E-state index in [-0.39, 0.29) is 17.4 Å². The second kappa shape index (κ2) is 4.49.